The summed E-state index contributed by atoms with van der Waals surface area (Å²) in [6.07, 6.45) is 6.56. The highest BCUT2D eigenvalue weighted by atomic mass is 28.3. The van der Waals surface area contributed by atoms with Crippen LogP contribution < -0.4 is 10.6 Å². The van der Waals surface area contributed by atoms with Gasteiger partial charge in [0.1, 0.15) is 52.6 Å². The first-order valence-electron chi connectivity index (χ1n) is 26.9. The van der Waals surface area contributed by atoms with Crippen LogP contribution in [0.2, 0.25) is 25.7 Å². The first-order valence-corrected chi connectivity index (χ1v) is 30.6. The number of hydrogen-bond donors (Lipinski definition) is 3. The van der Waals surface area contributed by atoms with Gasteiger partial charge in [-0.1, -0.05) is 85.4 Å². The van der Waals surface area contributed by atoms with Gasteiger partial charge < -0.3 is 34.7 Å². The van der Waals surface area contributed by atoms with Gasteiger partial charge in [0.2, 0.25) is 11.8 Å². The van der Waals surface area contributed by atoms with E-state index in [2.05, 4.69) is 130 Å². The summed E-state index contributed by atoms with van der Waals surface area (Å²) in [5, 5.41) is 34.9. The van der Waals surface area contributed by atoms with Crippen LogP contribution in [0, 0.1) is 34.5 Å². The van der Waals surface area contributed by atoms with E-state index in [9.17, 15) is 19.2 Å². The minimum Gasteiger partial charge on any atom is -0.361 e. The Morgan fingerprint density at radius 3 is 1.68 bits per heavy atom. The molecule has 0 saturated carbocycles. The molecular weight excluding hydrogens is 1030 g/mol. The zero-order chi connectivity index (χ0) is 57.7. The van der Waals surface area contributed by atoms with Crippen LogP contribution in [0.5, 0.6) is 0 Å². The van der Waals surface area contributed by atoms with Gasteiger partial charge in [-0.25, -0.2) is 19.9 Å². The number of nitriles is 2. The van der Waals surface area contributed by atoms with Gasteiger partial charge in [0.05, 0.1) is 58.5 Å². The van der Waals surface area contributed by atoms with Crippen molar-refractivity contribution >= 4 is 75.8 Å². The number of carbonyl (C=O) groups excluding carboxylic acids is 4. The van der Waals surface area contributed by atoms with Gasteiger partial charge in [-0.2, -0.15) is 20.7 Å². The molecule has 0 radical (unpaired) electrons. The zero-order valence-corrected chi connectivity index (χ0v) is 48.9. The van der Waals surface area contributed by atoms with Crippen LogP contribution in [-0.4, -0.2) is 135 Å². The number of aryl methyl sites for hydroxylation is 2. The number of hydrogen-bond acceptors (Lipinski definition) is 13. The molecule has 0 unspecified atom stereocenters. The monoisotopic (exact) mass is 1100 g/mol. The Hall–Kier alpha value is -8.34. The molecule has 0 aliphatic carbocycles. The molecule has 2 aromatic carbocycles. The molecule has 21 nitrogen and oxygen atoms in total. The first-order chi connectivity index (χ1) is 37.7. The Kier molecular flexibility index (Phi) is 15.3. The lowest BCUT2D eigenvalue weighted by atomic mass is 9.86. The fourth-order valence-electron chi connectivity index (χ4n) is 9.68. The third kappa shape index (κ3) is 11.5. The SMILES string of the molecule is C[C@@H](NC(=O)c1c[nH]c2ncc(-c3nn(C)c4cc(C(C)(C)C)ccc34)nc12)C(=O)N1CC(C#N)C1.C[C@@H](NC(=O)c1cn(COCC[Si](C)(C)C)c2ncc(-c3nn(C)c4cc(C(C)(C)C)ccc34)nc12)C(=O)N1CC(C#N)C1. The number of rotatable bonds is 13. The standard InChI is InChI=1S/C32H42N8O3Si.C26H28N8O2/c1-20(31(42)39-16-21(14-33)17-39)35-30(41)24-18-40(19-43-11-12-44(6,7)8)29-28(24)36-25(15-34-29)27-23-10-9-22(32(2,3)4)13-26(23)38(5)37-27;1-14(25(36)34-12-15(9-27)13-34)30-24(35)18-10-28-23-22(18)31-19(11-29-23)21-17-7-6-16(26(2,3)4)8-20(17)33(5)32-21/h9-10,13,15,18,20-21H,11-12,16-17,19H2,1-8H3,(H,35,41);6-8,10-11,14-15H,12-13H2,1-5H3,(H,28,29)(H,30,35)/t20-;14-/m11/s1. The van der Waals surface area contributed by atoms with E-state index in [4.69, 9.17) is 40.4 Å². The summed E-state index contributed by atoms with van der Waals surface area (Å²) in [5.41, 5.74) is 9.25. The van der Waals surface area contributed by atoms with E-state index < -0.39 is 32.0 Å². The van der Waals surface area contributed by atoms with Crippen molar-refractivity contribution in [2.45, 2.75) is 111 Å². The highest BCUT2D eigenvalue weighted by Gasteiger charge is 2.36. The van der Waals surface area contributed by atoms with Crippen LogP contribution in [0.3, 0.4) is 0 Å². The highest BCUT2D eigenvalue weighted by Crippen LogP contribution is 2.34. The second-order valence-corrected chi connectivity index (χ2v) is 30.0. The third-order valence-electron chi connectivity index (χ3n) is 14.8. The minimum absolute atomic E-state index is 0.00868. The predicted octanol–water partition coefficient (Wildman–Crippen LogP) is 7.60. The third-order valence-corrected chi connectivity index (χ3v) is 16.5. The molecule has 2 saturated heterocycles. The number of likely N-dealkylation sites (tertiary alicyclic amines) is 2. The normalized spacial score (nSPS) is 15.0. The Morgan fingerprint density at radius 1 is 0.725 bits per heavy atom. The van der Waals surface area contributed by atoms with Gasteiger partial charge in [0, 0.05) is 78.1 Å². The predicted molar refractivity (Wildman–Crippen MR) is 308 cm³/mol. The Labute approximate surface area is 465 Å². The molecule has 8 heterocycles. The number of ether oxygens (including phenoxy) is 1. The van der Waals surface area contributed by atoms with Crippen LogP contribution in [0.4, 0.5) is 0 Å². The molecule has 2 aliphatic heterocycles. The number of carbonyl (C=O) groups is 4. The molecule has 80 heavy (non-hydrogen) atoms. The number of aromatic amines is 1. The average molecular weight is 1100 g/mol. The molecule has 22 heteroatoms. The number of fused-ring (bicyclic) bond motifs is 4. The Morgan fingerprint density at radius 2 is 1.20 bits per heavy atom. The molecule has 6 aromatic heterocycles. The Balaban J connectivity index is 0.000000197. The maximum atomic E-state index is 13.6. The van der Waals surface area contributed by atoms with Gasteiger partial charge in [0.25, 0.3) is 11.8 Å². The number of nitrogens with zero attached hydrogens (tertiary/aromatic N) is 13. The van der Waals surface area contributed by atoms with Crippen molar-refractivity contribution in [3.05, 3.63) is 83.4 Å². The lowest BCUT2D eigenvalue weighted by molar-refractivity contribution is -0.138. The summed E-state index contributed by atoms with van der Waals surface area (Å²) >= 11 is 0. The van der Waals surface area contributed by atoms with Gasteiger partial charge in [-0.15, -0.1) is 0 Å². The molecule has 2 fully saturated rings. The first kappa shape index (κ1) is 56.4. The van der Waals surface area contributed by atoms with Crippen LogP contribution in [0.25, 0.3) is 66.9 Å². The van der Waals surface area contributed by atoms with E-state index in [0.717, 1.165) is 27.8 Å². The van der Waals surface area contributed by atoms with Gasteiger partial charge in [-0.05, 0) is 54.0 Å². The number of nitrogens with one attached hydrogen (secondary N) is 3. The topological polar surface area (TPSA) is 264 Å². The summed E-state index contributed by atoms with van der Waals surface area (Å²) in [5.74, 6) is -1.58. The fraction of sp³-hybridized carbons (Fsp3) is 0.448. The maximum Gasteiger partial charge on any atom is 0.255 e. The molecule has 2 atom stereocenters. The van der Waals surface area contributed by atoms with Crippen molar-refractivity contribution in [1.82, 2.24) is 69.5 Å². The second-order valence-electron chi connectivity index (χ2n) is 24.4. The molecule has 0 bridgehead atoms. The minimum atomic E-state index is -1.27. The molecule has 0 spiro atoms. The van der Waals surface area contributed by atoms with Crippen LogP contribution >= 0.6 is 0 Å². The van der Waals surface area contributed by atoms with E-state index in [1.54, 1.807) is 53.0 Å². The van der Waals surface area contributed by atoms with E-state index >= 15 is 0 Å². The van der Waals surface area contributed by atoms with Crippen LogP contribution in [0.1, 0.15) is 87.2 Å². The molecular formula is C58H70N16O5Si. The lowest BCUT2D eigenvalue weighted by Crippen LogP contribution is -2.55. The van der Waals surface area contributed by atoms with Crippen molar-refractivity contribution in [2.75, 3.05) is 32.8 Å². The molecule has 8 aromatic rings. The second kappa shape index (κ2) is 21.7. The molecule has 416 valence electrons. The van der Waals surface area contributed by atoms with Crippen LogP contribution in [0.15, 0.2) is 61.2 Å². The average Bonchev–Trinajstić information content (AvgIpc) is 4.16. The zero-order valence-electron chi connectivity index (χ0n) is 47.9. The van der Waals surface area contributed by atoms with E-state index in [0.29, 0.717) is 89.0 Å². The van der Waals surface area contributed by atoms with Gasteiger partial charge >= 0.3 is 0 Å². The smallest absolute Gasteiger partial charge is 0.255 e. The summed E-state index contributed by atoms with van der Waals surface area (Å²) in [6.45, 7) is 25.6. The quantitative estimate of drug-likeness (QED) is 0.0743. The molecule has 2 aliphatic rings. The summed E-state index contributed by atoms with van der Waals surface area (Å²) in [4.78, 5) is 77.1. The fourth-order valence-corrected chi connectivity index (χ4v) is 10.4. The van der Waals surface area contributed by atoms with Crippen molar-refractivity contribution in [3.63, 3.8) is 0 Å². The lowest BCUT2D eigenvalue weighted by Gasteiger charge is -2.37. The van der Waals surface area contributed by atoms with E-state index in [-0.39, 0.29) is 41.2 Å². The molecule has 10 rings (SSSR count). The summed E-state index contributed by atoms with van der Waals surface area (Å²) < 4.78 is 11.5. The number of amides is 4. The maximum absolute atomic E-state index is 13.6. The van der Waals surface area contributed by atoms with Gasteiger partial charge in [-0.3, -0.25) is 28.5 Å². The van der Waals surface area contributed by atoms with Crippen LogP contribution in [-0.2, 0) is 46.0 Å². The summed E-state index contributed by atoms with van der Waals surface area (Å²) in [7, 11) is 2.53. The van der Waals surface area contributed by atoms with Gasteiger partial charge in [0.15, 0.2) is 11.3 Å². The van der Waals surface area contributed by atoms with Crippen molar-refractivity contribution < 1.29 is 23.9 Å². The van der Waals surface area contributed by atoms with Crippen molar-refractivity contribution in [1.29, 1.82) is 10.5 Å². The van der Waals surface area contributed by atoms with E-state index in [1.807, 2.05) is 23.5 Å². The molecule has 4 amide bonds. The number of aromatic nitrogens is 10. The summed E-state index contributed by atoms with van der Waals surface area (Å²) in [6, 6.07) is 16.5. The molecule has 3 N–H and O–H groups in total. The van der Waals surface area contributed by atoms with E-state index in [1.165, 1.54) is 11.1 Å². The number of H-pyrrole nitrogens is 1. The largest absolute Gasteiger partial charge is 0.361 e. The van der Waals surface area contributed by atoms with Crippen molar-refractivity contribution in [3.8, 4) is 34.9 Å². The van der Waals surface area contributed by atoms with Crippen molar-refractivity contribution in [2.24, 2.45) is 25.9 Å². The number of benzene rings is 2. The Bertz CT molecular complexity index is 3810. The highest BCUT2D eigenvalue weighted by molar-refractivity contribution is 6.76.